The van der Waals surface area contributed by atoms with Crippen molar-refractivity contribution in [3.05, 3.63) is 47.8 Å². The van der Waals surface area contributed by atoms with Crippen molar-refractivity contribution in [3.8, 4) is 5.88 Å². The molecule has 0 bridgehead atoms. The molecule has 0 aliphatic rings. The molecule has 1 atom stereocenters. The van der Waals surface area contributed by atoms with Crippen LogP contribution in [0.15, 0.2) is 36.4 Å². The average molecular weight is 261 g/mol. The second-order valence-corrected chi connectivity index (χ2v) is 4.18. The van der Waals surface area contributed by atoms with Crippen molar-refractivity contribution in [2.75, 3.05) is 18.2 Å². The summed E-state index contributed by atoms with van der Waals surface area (Å²) in [5.41, 5.74) is 6.89. The Hall–Kier alpha value is -2.30. The number of ether oxygens (including phenoxy) is 1. The molecule has 1 unspecified atom stereocenters. The fourth-order valence-corrected chi connectivity index (χ4v) is 1.79. The first-order valence-electron chi connectivity index (χ1n) is 5.93. The lowest BCUT2D eigenvalue weighted by atomic mass is 10.1. The van der Waals surface area contributed by atoms with E-state index in [-0.39, 0.29) is 11.9 Å². The van der Waals surface area contributed by atoms with Crippen molar-refractivity contribution in [2.45, 2.75) is 13.0 Å². The van der Waals surface area contributed by atoms with Gasteiger partial charge in [0.15, 0.2) is 5.82 Å². The van der Waals surface area contributed by atoms with E-state index in [4.69, 9.17) is 10.5 Å². The van der Waals surface area contributed by atoms with Crippen LogP contribution in [0.1, 0.15) is 18.5 Å². The highest BCUT2D eigenvalue weighted by molar-refractivity contribution is 5.62. The highest BCUT2D eigenvalue weighted by Crippen LogP contribution is 2.25. The van der Waals surface area contributed by atoms with Crippen LogP contribution in [-0.2, 0) is 0 Å². The largest absolute Gasteiger partial charge is 0.481 e. The lowest BCUT2D eigenvalue weighted by Gasteiger charge is -2.17. The van der Waals surface area contributed by atoms with E-state index in [0.29, 0.717) is 22.9 Å². The first-order chi connectivity index (χ1) is 9.11. The summed E-state index contributed by atoms with van der Waals surface area (Å²) < 4.78 is 18.7. The normalized spacial score (nSPS) is 11.9. The molecule has 5 heteroatoms. The summed E-state index contributed by atoms with van der Waals surface area (Å²) in [4.78, 5) is 4.21. The Morgan fingerprint density at radius 2 is 2.00 bits per heavy atom. The van der Waals surface area contributed by atoms with Gasteiger partial charge in [-0.05, 0) is 19.1 Å². The summed E-state index contributed by atoms with van der Waals surface area (Å²) in [6.45, 7) is 1.85. The molecule has 1 aromatic carbocycles. The first kappa shape index (κ1) is 13.1. The lowest BCUT2D eigenvalue weighted by molar-refractivity contribution is 0.398. The van der Waals surface area contributed by atoms with E-state index in [9.17, 15) is 4.39 Å². The molecule has 2 rings (SSSR count). The molecular weight excluding hydrogens is 245 g/mol. The molecule has 1 aromatic heterocycles. The number of halogens is 1. The Morgan fingerprint density at radius 3 is 2.68 bits per heavy atom. The van der Waals surface area contributed by atoms with Crippen LogP contribution in [-0.4, -0.2) is 12.1 Å². The Labute approximate surface area is 111 Å². The van der Waals surface area contributed by atoms with Gasteiger partial charge >= 0.3 is 0 Å². The molecule has 4 nitrogen and oxygen atoms in total. The van der Waals surface area contributed by atoms with Crippen LogP contribution >= 0.6 is 0 Å². The summed E-state index contributed by atoms with van der Waals surface area (Å²) in [6, 6.07) is 9.72. The summed E-state index contributed by atoms with van der Waals surface area (Å²) in [7, 11) is 1.53. The van der Waals surface area contributed by atoms with Gasteiger partial charge in [-0.25, -0.2) is 4.39 Å². The van der Waals surface area contributed by atoms with Gasteiger partial charge in [-0.1, -0.05) is 18.2 Å². The number of nitrogens with zero attached hydrogens (tertiary/aromatic N) is 1. The van der Waals surface area contributed by atoms with Crippen molar-refractivity contribution in [1.82, 2.24) is 4.98 Å². The number of nitrogens with two attached hydrogens (primary N) is 1. The van der Waals surface area contributed by atoms with E-state index in [1.54, 1.807) is 30.3 Å². The molecule has 0 spiro atoms. The topological polar surface area (TPSA) is 60.2 Å². The summed E-state index contributed by atoms with van der Waals surface area (Å²) in [5, 5.41) is 3.09. The summed E-state index contributed by atoms with van der Waals surface area (Å²) in [6.07, 6.45) is 0. The number of hydrogen-bond donors (Lipinski definition) is 2. The van der Waals surface area contributed by atoms with Crippen molar-refractivity contribution in [1.29, 1.82) is 0 Å². The minimum Gasteiger partial charge on any atom is -0.481 e. The molecule has 0 amide bonds. The number of pyridine rings is 1. The molecule has 0 aliphatic carbocycles. The average Bonchev–Trinajstić information content (AvgIpc) is 2.41. The maximum absolute atomic E-state index is 13.7. The predicted octanol–water partition coefficient (Wildman–Crippen LogP) is 2.98. The monoisotopic (exact) mass is 261 g/mol. The third-order valence-electron chi connectivity index (χ3n) is 2.83. The zero-order chi connectivity index (χ0) is 13.8. The van der Waals surface area contributed by atoms with Gasteiger partial charge in [-0.3, -0.25) is 0 Å². The molecule has 0 radical (unpaired) electrons. The third kappa shape index (κ3) is 2.93. The van der Waals surface area contributed by atoms with Gasteiger partial charge in [-0.15, -0.1) is 0 Å². The number of rotatable bonds is 4. The Bertz CT molecular complexity index is 574. The van der Waals surface area contributed by atoms with Crippen molar-refractivity contribution in [2.24, 2.45) is 0 Å². The highest BCUT2D eigenvalue weighted by Gasteiger charge is 2.12. The number of benzene rings is 1. The molecule has 0 fully saturated rings. The van der Waals surface area contributed by atoms with Crippen LogP contribution in [0.2, 0.25) is 0 Å². The minimum absolute atomic E-state index is 0.247. The summed E-state index contributed by atoms with van der Waals surface area (Å²) >= 11 is 0. The quantitative estimate of drug-likeness (QED) is 0.888. The minimum atomic E-state index is -0.260. The van der Waals surface area contributed by atoms with Crippen LogP contribution < -0.4 is 15.8 Å². The van der Waals surface area contributed by atoms with Crippen LogP contribution in [0, 0.1) is 5.82 Å². The molecule has 1 heterocycles. The molecular formula is C14H16FN3O. The molecule has 0 aliphatic heterocycles. The van der Waals surface area contributed by atoms with Gasteiger partial charge in [0.25, 0.3) is 0 Å². The molecule has 19 heavy (non-hydrogen) atoms. The fourth-order valence-electron chi connectivity index (χ4n) is 1.79. The van der Waals surface area contributed by atoms with Gasteiger partial charge < -0.3 is 15.8 Å². The van der Waals surface area contributed by atoms with Crippen LogP contribution in [0.5, 0.6) is 5.88 Å². The van der Waals surface area contributed by atoms with Crippen molar-refractivity contribution >= 4 is 11.5 Å². The molecule has 0 saturated heterocycles. The number of nitrogen functional groups attached to an aromatic ring is 1. The SMILES string of the molecule is COc1ccc(N)c(NC(C)c2ccccc2F)n1. The first-order valence-corrected chi connectivity index (χ1v) is 5.93. The number of aromatic nitrogens is 1. The molecule has 2 aromatic rings. The van der Waals surface area contributed by atoms with Gasteiger partial charge in [0.2, 0.25) is 5.88 Å². The molecule has 100 valence electrons. The van der Waals surface area contributed by atoms with Crippen LogP contribution in [0.25, 0.3) is 0 Å². The van der Waals surface area contributed by atoms with Crippen molar-refractivity contribution < 1.29 is 9.13 Å². The zero-order valence-electron chi connectivity index (χ0n) is 10.9. The Morgan fingerprint density at radius 1 is 1.26 bits per heavy atom. The number of nitrogens with one attached hydrogen (secondary N) is 1. The smallest absolute Gasteiger partial charge is 0.215 e. The fraction of sp³-hybridized carbons (Fsp3) is 0.214. The van der Waals surface area contributed by atoms with E-state index in [2.05, 4.69) is 10.3 Å². The Kier molecular flexibility index (Phi) is 3.85. The van der Waals surface area contributed by atoms with E-state index >= 15 is 0 Å². The maximum Gasteiger partial charge on any atom is 0.215 e. The van der Waals surface area contributed by atoms with Crippen LogP contribution in [0.3, 0.4) is 0 Å². The molecule has 3 N–H and O–H groups in total. The second kappa shape index (κ2) is 5.56. The third-order valence-corrected chi connectivity index (χ3v) is 2.83. The van der Waals surface area contributed by atoms with Crippen LogP contribution in [0.4, 0.5) is 15.9 Å². The second-order valence-electron chi connectivity index (χ2n) is 4.18. The zero-order valence-corrected chi connectivity index (χ0v) is 10.9. The summed E-state index contributed by atoms with van der Waals surface area (Å²) in [5.74, 6) is 0.677. The predicted molar refractivity (Wildman–Crippen MR) is 73.6 cm³/mol. The Balaban J connectivity index is 2.24. The number of methoxy groups -OCH3 is 1. The molecule has 0 saturated carbocycles. The van der Waals surface area contributed by atoms with Gasteiger partial charge in [0.1, 0.15) is 5.82 Å². The van der Waals surface area contributed by atoms with Gasteiger partial charge in [0.05, 0.1) is 18.8 Å². The van der Waals surface area contributed by atoms with Crippen molar-refractivity contribution in [3.63, 3.8) is 0 Å². The van der Waals surface area contributed by atoms with Gasteiger partial charge in [0, 0.05) is 11.6 Å². The van der Waals surface area contributed by atoms with E-state index in [0.717, 1.165) is 0 Å². The van der Waals surface area contributed by atoms with E-state index in [1.807, 2.05) is 6.92 Å². The number of anilines is 2. The van der Waals surface area contributed by atoms with E-state index < -0.39 is 0 Å². The highest BCUT2D eigenvalue weighted by atomic mass is 19.1. The maximum atomic E-state index is 13.7. The standard InChI is InChI=1S/C14H16FN3O/c1-9(10-5-3-4-6-11(10)15)17-14-12(16)7-8-13(18-14)19-2/h3-9H,16H2,1-2H3,(H,17,18). The van der Waals surface area contributed by atoms with Gasteiger partial charge in [-0.2, -0.15) is 4.98 Å². The number of hydrogen-bond acceptors (Lipinski definition) is 4. The lowest BCUT2D eigenvalue weighted by Crippen LogP contribution is -2.11. The van der Waals surface area contributed by atoms with E-state index in [1.165, 1.54) is 13.2 Å².